The zero-order valence-electron chi connectivity index (χ0n) is 22.0. The van der Waals surface area contributed by atoms with E-state index in [9.17, 15) is 27.9 Å². The number of thiazole rings is 1. The number of aliphatic hydroxyl groups is 1. The Bertz CT molecular complexity index is 1190. The summed E-state index contributed by atoms with van der Waals surface area (Å²) in [6, 6.07) is 0.848. The van der Waals surface area contributed by atoms with E-state index < -0.39 is 29.2 Å². The number of rotatable bonds is 8. The van der Waals surface area contributed by atoms with Crippen molar-refractivity contribution >= 4 is 29.0 Å². The summed E-state index contributed by atoms with van der Waals surface area (Å²) < 4.78 is 43.0. The number of halogens is 3. The summed E-state index contributed by atoms with van der Waals surface area (Å²) in [5.41, 5.74) is -2.65. The number of nitrogens with one attached hydrogen (secondary N) is 2. The maximum atomic E-state index is 14.3. The molecule has 0 radical (unpaired) electrons. The fourth-order valence-corrected chi connectivity index (χ4v) is 5.73. The summed E-state index contributed by atoms with van der Waals surface area (Å²) in [4.78, 5) is 36.3. The van der Waals surface area contributed by atoms with Gasteiger partial charge in [-0.25, -0.2) is 9.97 Å². The largest absolute Gasteiger partial charge is 0.417 e. The lowest BCUT2D eigenvalue weighted by atomic mass is 9.80. The zero-order chi connectivity index (χ0) is 27.8. The molecular weight excluding hydrogens is 519 g/mol. The van der Waals surface area contributed by atoms with E-state index >= 15 is 0 Å². The van der Waals surface area contributed by atoms with Gasteiger partial charge in [0.1, 0.15) is 11.5 Å². The Morgan fingerprint density at radius 2 is 1.95 bits per heavy atom. The first-order chi connectivity index (χ1) is 17.7. The van der Waals surface area contributed by atoms with Crippen molar-refractivity contribution in [3.8, 4) is 10.4 Å². The van der Waals surface area contributed by atoms with Crippen LogP contribution < -0.4 is 10.6 Å². The number of amides is 2. The maximum absolute atomic E-state index is 14.3. The molecule has 2 aromatic rings. The average Bonchev–Trinajstić information content (AvgIpc) is 3.41. The second-order valence-electron chi connectivity index (χ2n) is 10.9. The molecule has 2 aromatic heterocycles. The molecule has 3 heterocycles. The molecule has 38 heavy (non-hydrogen) atoms. The molecule has 3 N–H and O–H groups in total. The molecule has 1 saturated heterocycles. The van der Waals surface area contributed by atoms with E-state index in [0.29, 0.717) is 23.8 Å². The second kappa shape index (κ2) is 10.8. The molecule has 0 unspecified atom stereocenters. The van der Waals surface area contributed by atoms with Gasteiger partial charge in [-0.1, -0.05) is 6.42 Å². The zero-order valence-corrected chi connectivity index (χ0v) is 22.8. The molecule has 1 saturated carbocycles. The van der Waals surface area contributed by atoms with Gasteiger partial charge in [-0.3, -0.25) is 9.59 Å². The summed E-state index contributed by atoms with van der Waals surface area (Å²) in [6.07, 6.45) is 1.09. The van der Waals surface area contributed by atoms with Gasteiger partial charge in [-0.05, 0) is 65.4 Å². The van der Waals surface area contributed by atoms with E-state index in [-0.39, 0.29) is 45.6 Å². The van der Waals surface area contributed by atoms with Gasteiger partial charge in [-0.15, -0.1) is 11.3 Å². The van der Waals surface area contributed by atoms with Gasteiger partial charge < -0.3 is 20.6 Å². The van der Waals surface area contributed by atoms with Crippen molar-refractivity contribution in [2.24, 2.45) is 5.92 Å². The van der Waals surface area contributed by atoms with E-state index in [1.165, 1.54) is 13.8 Å². The molecule has 2 atom stereocenters. The van der Waals surface area contributed by atoms with Crippen molar-refractivity contribution in [2.75, 3.05) is 18.4 Å². The SMILES string of the molecule is C[C@@H](Nc1cc(C(F)(F)F)c(-c2sc(C(=O)NCC(C)(C)O)nc2C(=O)N2CCC[C@@H]2C)cn1)C1CCC1. The molecule has 1 aliphatic heterocycles. The number of pyridine rings is 1. The summed E-state index contributed by atoms with van der Waals surface area (Å²) in [5, 5.41) is 15.4. The summed E-state index contributed by atoms with van der Waals surface area (Å²) in [5.74, 6) is -0.698. The molecule has 0 bridgehead atoms. The van der Waals surface area contributed by atoms with E-state index in [1.54, 1.807) is 4.90 Å². The first-order valence-corrected chi connectivity index (χ1v) is 13.7. The van der Waals surface area contributed by atoms with Crippen LogP contribution in [0, 0.1) is 5.92 Å². The Hall–Kier alpha value is -2.73. The molecule has 0 aromatic carbocycles. The third-order valence-corrected chi connectivity index (χ3v) is 8.29. The van der Waals surface area contributed by atoms with Crippen LogP contribution in [-0.4, -0.2) is 62.6 Å². The number of alkyl halides is 3. The molecule has 4 rings (SSSR count). The van der Waals surface area contributed by atoms with Crippen LogP contribution in [-0.2, 0) is 6.18 Å². The van der Waals surface area contributed by atoms with Crippen molar-refractivity contribution < 1.29 is 27.9 Å². The van der Waals surface area contributed by atoms with Crippen LogP contribution in [0.5, 0.6) is 0 Å². The van der Waals surface area contributed by atoms with Crippen LogP contribution >= 0.6 is 11.3 Å². The van der Waals surface area contributed by atoms with Gasteiger partial charge in [0.05, 0.1) is 16.0 Å². The van der Waals surface area contributed by atoms with E-state index in [1.807, 2.05) is 13.8 Å². The second-order valence-corrected chi connectivity index (χ2v) is 11.9. The lowest BCUT2D eigenvalue weighted by Gasteiger charge is -2.32. The molecule has 12 heteroatoms. The third-order valence-electron chi connectivity index (χ3n) is 7.21. The first-order valence-electron chi connectivity index (χ1n) is 12.9. The van der Waals surface area contributed by atoms with E-state index in [2.05, 4.69) is 20.6 Å². The van der Waals surface area contributed by atoms with Gasteiger partial charge in [0, 0.05) is 36.9 Å². The highest BCUT2D eigenvalue weighted by Gasteiger charge is 2.38. The Morgan fingerprint density at radius 1 is 1.24 bits per heavy atom. The number of nitrogens with zero attached hydrogens (tertiary/aromatic N) is 3. The number of carbonyl (C=O) groups excluding carboxylic acids is 2. The fourth-order valence-electron chi connectivity index (χ4n) is 4.73. The van der Waals surface area contributed by atoms with Crippen LogP contribution in [0.4, 0.5) is 19.0 Å². The molecule has 1 aliphatic carbocycles. The molecule has 8 nitrogen and oxygen atoms in total. The fraction of sp³-hybridized carbons (Fsp3) is 0.615. The smallest absolute Gasteiger partial charge is 0.389 e. The Kier molecular flexibility index (Phi) is 8.04. The number of carbonyl (C=O) groups is 2. The van der Waals surface area contributed by atoms with Gasteiger partial charge in [-0.2, -0.15) is 13.2 Å². The van der Waals surface area contributed by atoms with Crippen molar-refractivity contribution in [2.45, 2.75) is 83.7 Å². The molecule has 2 aliphatic rings. The van der Waals surface area contributed by atoms with Crippen LogP contribution in [0.25, 0.3) is 10.4 Å². The number of aromatic nitrogens is 2. The van der Waals surface area contributed by atoms with Crippen LogP contribution in [0.1, 0.15) is 85.7 Å². The maximum Gasteiger partial charge on any atom is 0.417 e. The topological polar surface area (TPSA) is 107 Å². The highest BCUT2D eigenvalue weighted by molar-refractivity contribution is 7.17. The average molecular weight is 554 g/mol. The normalized spacial score (nSPS) is 19.3. The minimum Gasteiger partial charge on any atom is -0.389 e. The minimum absolute atomic E-state index is 0.0218. The van der Waals surface area contributed by atoms with Crippen LogP contribution in [0.15, 0.2) is 12.3 Å². The lowest BCUT2D eigenvalue weighted by molar-refractivity contribution is -0.137. The Morgan fingerprint density at radius 3 is 2.50 bits per heavy atom. The van der Waals surface area contributed by atoms with E-state index in [4.69, 9.17) is 0 Å². The standard InChI is InChI=1S/C26H34F3N5O3S/c1-14-7-6-10-34(14)24(36)20-21(38-23(33-20)22(35)31-13-25(3,4)37)17-12-30-19(11-18(17)26(27,28)29)32-15(2)16-8-5-9-16/h11-12,14-16,37H,5-10,13H2,1-4H3,(H,30,32)(H,31,35)/t14-,15+/m0/s1. The predicted molar refractivity (Wildman–Crippen MR) is 139 cm³/mol. The molecule has 2 fully saturated rings. The molecule has 0 spiro atoms. The number of hydrogen-bond acceptors (Lipinski definition) is 7. The number of likely N-dealkylation sites (tertiary alicyclic amines) is 1. The van der Waals surface area contributed by atoms with Crippen molar-refractivity contribution in [1.82, 2.24) is 20.2 Å². The molecule has 2 amide bonds. The van der Waals surface area contributed by atoms with Gasteiger partial charge >= 0.3 is 6.18 Å². The minimum atomic E-state index is -4.73. The summed E-state index contributed by atoms with van der Waals surface area (Å²) in [6.45, 7) is 7.19. The van der Waals surface area contributed by atoms with Crippen molar-refractivity contribution in [1.29, 1.82) is 0 Å². The Labute approximate surface area is 224 Å². The summed E-state index contributed by atoms with van der Waals surface area (Å²) >= 11 is 0.715. The quantitative estimate of drug-likeness (QED) is 0.427. The van der Waals surface area contributed by atoms with Crippen molar-refractivity contribution in [3.05, 3.63) is 28.5 Å². The monoisotopic (exact) mass is 553 g/mol. The van der Waals surface area contributed by atoms with Gasteiger partial charge in [0.2, 0.25) is 0 Å². The number of anilines is 1. The van der Waals surface area contributed by atoms with Gasteiger partial charge in [0.15, 0.2) is 5.01 Å². The first kappa shape index (κ1) is 28.3. The highest BCUT2D eigenvalue weighted by atomic mass is 32.1. The van der Waals surface area contributed by atoms with Crippen LogP contribution in [0.2, 0.25) is 0 Å². The lowest BCUT2D eigenvalue weighted by Crippen LogP contribution is -2.38. The highest BCUT2D eigenvalue weighted by Crippen LogP contribution is 2.42. The van der Waals surface area contributed by atoms with Crippen molar-refractivity contribution in [3.63, 3.8) is 0 Å². The van der Waals surface area contributed by atoms with E-state index in [0.717, 1.165) is 44.4 Å². The molecule has 208 valence electrons. The van der Waals surface area contributed by atoms with Gasteiger partial charge in [0.25, 0.3) is 11.8 Å². The Balaban J connectivity index is 1.75. The predicted octanol–water partition coefficient (Wildman–Crippen LogP) is 4.95. The number of hydrogen-bond donors (Lipinski definition) is 3. The molecular formula is C26H34F3N5O3S. The third kappa shape index (κ3) is 6.28. The summed E-state index contributed by atoms with van der Waals surface area (Å²) in [7, 11) is 0. The van der Waals surface area contributed by atoms with Crippen LogP contribution in [0.3, 0.4) is 0 Å².